The maximum Gasteiger partial charge on any atom is 0.235 e. The largest absolute Gasteiger partial charge is 0.384 e. The van der Waals surface area contributed by atoms with E-state index in [0.717, 1.165) is 23.7 Å². The number of halogens is 1. The van der Waals surface area contributed by atoms with Crippen molar-refractivity contribution >= 4 is 31.6 Å². The van der Waals surface area contributed by atoms with Crippen LogP contribution < -0.4 is 4.72 Å². The molecule has 4 nitrogen and oxygen atoms in total. The lowest BCUT2D eigenvalue weighted by atomic mass is 10.1. The van der Waals surface area contributed by atoms with Gasteiger partial charge in [-0.05, 0) is 58.5 Å². The van der Waals surface area contributed by atoms with Crippen LogP contribution in [0.25, 0.3) is 0 Å². The quantitative estimate of drug-likeness (QED) is 0.899. The molecule has 1 N–H and O–H groups in total. The Hall–Kier alpha value is -0.590. The number of sulfonamides is 1. The van der Waals surface area contributed by atoms with E-state index in [1.54, 1.807) is 0 Å². The first-order chi connectivity index (χ1) is 8.52. The predicted octanol–water partition coefficient (Wildman–Crippen LogP) is 2.33. The smallest absolute Gasteiger partial charge is 0.235 e. The highest BCUT2D eigenvalue weighted by atomic mass is 79.9. The van der Waals surface area contributed by atoms with E-state index in [1.165, 1.54) is 18.2 Å². The fourth-order valence-electron chi connectivity index (χ4n) is 2.08. The number of anilines is 1. The van der Waals surface area contributed by atoms with Crippen molar-refractivity contribution in [3.05, 3.63) is 27.7 Å². The van der Waals surface area contributed by atoms with E-state index in [9.17, 15) is 8.42 Å². The van der Waals surface area contributed by atoms with E-state index >= 15 is 0 Å². The first-order valence-corrected chi connectivity index (χ1v) is 8.27. The molecule has 0 aliphatic heterocycles. The molecule has 0 atom stereocenters. The molecule has 0 saturated heterocycles. The van der Waals surface area contributed by atoms with Crippen molar-refractivity contribution in [1.82, 2.24) is 0 Å². The molecule has 0 radical (unpaired) electrons. The predicted molar refractivity (Wildman–Crippen MR) is 75.5 cm³/mol. The lowest BCUT2D eigenvalue weighted by Crippen LogP contribution is -2.20. The third-order valence-corrected chi connectivity index (χ3v) is 4.89. The molecule has 1 aromatic carbocycles. The number of nitrogens with one attached hydrogen (secondary N) is 1. The third kappa shape index (κ3) is 3.24. The number of methoxy groups -OCH3 is 1. The summed E-state index contributed by atoms with van der Waals surface area (Å²) in [6, 6.07) is 3.94. The molecule has 0 unspecified atom stereocenters. The van der Waals surface area contributed by atoms with Gasteiger partial charge in [-0.2, -0.15) is 0 Å². The Morgan fingerprint density at radius 3 is 2.67 bits per heavy atom. The second kappa shape index (κ2) is 5.59. The highest BCUT2D eigenvalue weighted by Crippen LogP contribution is 2.32. The molecular weight excluding hydrogens is 318 g/mol. The number of aryl methyl sites for hydroxylation is 2. The Morgan fingerprint density at radius 2 is 2.00 bits per heavy atom. The average Bonchev–Trinajstić information content (AvgIpc) is 2.73. The van der Waals surface area contributed by atoms with E-state index < -0.39 is 10.0 Å². The molecule has 0 fully saturated rings. The van der Waals surface area contributed by atoms with E-state index in [0.29, 0.717) is 5.69 Å². The number of hydrogen-bond donors (Lipinski definition) is 1. The molecule has 0 bridgehead atoms. The summed E-state index contributed by atoms with van der Waals surface area (Å²) >= 11 is 3.41. The molecule has 100 valence electrons. The molecule has 0 saturated carbocycles. The van der Waals surface area contributed by atoms with Crippen LogP contribution in [0.2, 0.25) is 0 Å². The van der Waals surface area contributed by atoms with Gasteiger partial charge in [-0.15, -0.1) is 0 Å². The maximum absolute atomic E-state index is 11.8. The maximum atomic E-state index is 11.8. The minimum absolute atomic E-state index is 0.0347. The number of rotatable bonds is 5. The normalized spacial score (nSPS) is 14.6. The summed E-state index contributed by atoms with van der Waals surface area (Å²) in [5.41, 5.74) is 3.16. The summed E-state index contributed by atoms with van der Waals surface area (Å²) in [6.45, 7) is 0.192. The van der Waals surface area contributed by atoms with E-state index in [2.05, 4.69) is 20.7 Å². The van der Waals surface area contributed by atoms with Crippen LogP contribution in [-0.4, -0.2) is 27.9 Å². The van der Waals surface area contributed by atoms with Gasteiger partial charge < -0.3 is 4.74 Å². The number of hydrogen-bond acceptors (Lipinski definition) is 3. The summed E-state index contributed by atoms with van der Waals surface area (Å²) in [4.78, 5) is 0. The lowest BCUT2D eigenvalue weighted by molar-refractivity contribution is 0.217. The lowest BCUT2D eigenvalue weighted by Gasteiger charge is -2.11. The van der Waals surface area contributed by atoms with E-state index in [4.69, 9.17) is 4.74 Å². The van der Waals surface area contributed by atoms with Gasteiger partial charge in [0, 0.05) is 11.6 Å². The Morgan fingerprint density at radius 1 is 1.33 bits per heavy atom. The van der Waals surface area contributed by atoms with Crippen LogP contribution in [0.5, 0.6) is 0 Å². The van der Waals surface area contributed by atoms with Crippen LogP contribution in [0.4, 0.5) is 5.69 Å². The Labute approximate surface area is 116 Å². The number of fused-ring (bicyclic) bond motifs is 1. The fraction of sp³-hybridized carbons (Fsp3) is 0.500. The van der Waals surface area contributed by atoms with Gasteiger partial charge in [0.15, 0.2) is 0 Å². The van der Waals surface area contributed by atoms with Crippen molar-refractivity contribution in [2.45, 2.75) is 19.3 Å². The zero-order valence-electron chi connectivity index (χ0n) is 10.2. The first kappa shape index (κ1) is 13.8. The molecule has 6 heteroatoms. The van der Waals surface area contributed by atoms with Crippen LogP contribution >= 0.6 is 15.9 Å². The Balaban J connectivity index is 2.19. The molecule has 1 aliphatic rings. The van der Waals surface area contributed by atoms with Gasteiger partial charge in [0.25, 0.3) is 0 Å². The molecule has 18 heavy (non-hydrogen) atoms. The third-order valence-electron chi connectivity index (χ3n) is 3.00. The SMILES string of the molecule is COCCS(=O)(=O)Nc1cc2c(cc1Br)CCC2. The summed E-state index contributed by atoms with van der Waals surface area (Å²) in [5.74, 6) is -0.0347. The van der Waals surface area contributed by atoms with Gasteiger partial charge in [-0.1, -0.05) is 0 Å². The summed E-state index contributed by atoms with van der Waals surface area (Å²) in [7, 11) is -1.85. The number of benzene rings is 1. The Bertz CT molecular complexity index is 542. The van der Waals surface area contributed by atoms with Crippen molar-refractivity contribution in [1.29, 1.82) is 0 Å². The molecule has 0 amide bonds. The molecule has 1 aliphatic carbocycles. The van der Waals surface area contributed by atoms with Crippen LogP contribution in [0.15, 0.2) is 16.6 Å². The molecular formula is C12H16BrNO3S. The topological polar surface area (TPSA) is 55.4 Å². The second-order valence-electron chi connectivity index (χ2n) is 4.37. The van der Waals surface area contributed by atoms with Crippen LogP contribution in [0, 0.1) is 0 Å². The van der Waals surface area contributed by atoms with Crippen LogP contribution in [0.1, 0.15) is 17.5 Å². The minimum Gasteiger partial charge on any atom is -0.384 e. The van der Waals surface area contributed by atoms with Gasteiger partial charge in [-0.3, -0.25) is 4.72 Å². The Kier molecular flexibility index (Phi) is 4.29. The van der Waals surface area contributed by atoms with Gasteiger partial charge >= 0.3 is 0 Å². The van der Waals surface area contributed by atoms with Crippen molar-refractivity contribution in [3.8, 4) is 0 Å². The minimum atomic E-state index is -3.34. The first-order valence-electron chi connectivity index (χ1n) is 5.82. The van der Waals surface area contributed by atoms with Crippen LogP contribution in [-0.2, 0) is 27.6 Å². The summed E-state index contributed by atoms with van der Waals surface area (Å²) in [6.07, 6.45) is 3.24. The van der Waals surface area contributed by atoms with E-state index in [-0.39, 0.29) is 12.4 Å². The molecule has 0 heterocycles. The van der Waals surface area contributed by atoms with Crippen molar-refractivity contribution in [2.24, 2.45) is 0 Å². The van der Waals surface area contributed by atoms with Crippen molar-refractivity contribution in [3.63, 3.8) is 0 Å². The zero-order chi connectivity index (χ0) is 13.2. The van der Waals surface area contributed by atoms with Gasteiger partial charge in [-0.25, -0.2) is 8.42 Å². The summed E-state index contributed by atoms with van der Waals surface area (Å²) < 4.78 is 31.8. The molecule has 0 aromatic heterocycles. The van der Waals surface area contributed by atoms with Crippen molar-refractivity contribution < 1.29 is 13.2 Å². The van der Waals surface area contributed by atoms with E-state index in [1.807, 2.05) is 12.1 Å². The van der Waals surface area contributed by atoms with Gasteiger partial charge in [0.05, 0.1) is 18.0 Å². The fourth-order valence-corrected chi connectivity index (χ4v) is 3.70. The highest BCUT2D eigenvalue weighted by molar-refractivity contribution is 9.10. The van der Waals surface area contributed by atoms with Crippen LogP contribution in [0.3, 0.4) is 0 Å². The average molecular weight is 334 g/mol. The standard InChI is InChI=1S/C12H16BrNO3S/c1-17-5-6-18(15,16)14-12-8-10-4-2-3-9(10)7-11(12)13/h7-8,14H,2-6H2,1H3. The van der Waals surface area contributed by atoms with Crippen molar-refractivity contribution in [2.75, 3.05) is 24.2 Å². The molecule has 2 rings (SSSR count). The molecule has 1 aromatic rings. The second-order valence-corrected chi connectivity index (χ2v) is 7.06. The summed E-state index contributed by atoms with van der Waals surface area (Å²) in [5, 5.41) is 0. The van der Waals surface area contributed by atoms with Gasteiger partial charge in [0.2, 0.25) is 10.0 Å². The highest BCUT2D eigenvalue weighted by Gasteiger charge is 2.17. The zero-order valence-corrected chi connectivity index (χ0v) is 12.6. The monoisotopic (exact) mass is 333 g/mol. The van der Waals surface area contributed by atoms with Gasteiger partial charge in [0.1, 0.15) is 0 Å². The number of ether oxygens (including phenoxy) is 1. The molecule has 0 spiro atoms.